The molecule has 1 aromatic heterocycles. The van der Waals surface area contributed by atoms with Crippen molar-refractivity contribution in [3.05, 3.63) is 112 Å². The molecule has 1 atom stereocenters. The van der Waals surface area contributed by atoms with Gasteiger partial charge in [-0.25, -0.2) is 0 Å². The number of hydrogen-bond donors (Lipinski definition) is 0. The highest BCUT2D eigenvalue weighted by Gasteiger charge is 2.43. The number of fused-ring (bicyclic) bond motifs is 2. The first-order valence-electron chi connectivity index (χ1n) is 10.1. The van der Waals surface area contributed by atoms with E-state index in [1.807, 2.05) is 48.5 Å². The van der Waals surface area contributed by atoms with Crippen LogP contribution in [0.25, 0.3) is 11.0 Å². The summed E-state index contributed by atoms with van der Waals surface area (Å²) in [4.78, 5) is 28.6. The number of para-hydroxylation sites is 2. The topological polar surface area (TPSA) is 50.5 Å². The van der Waals surface area contributed by atoms with E-state index in [-0.39, 0.29) is 17.1 Å². The fraction of sp³-hybridized carbons (Fsp3) is 0.154. The molecule has 1 aliphatic rings. The molecule has 2 heterocycles. The summed E-state index contributed by atoms with van der Waals surface area (Å²) in [6.45, 7) is 4.28. The van der Waals surface area contributed by atoms with Crippen LogP contribution in [0.2, 0.25) is 0 Å². The van der Waals surface area contributed by atoms with E-state index in [2.05, 4.69) is 26.0 Å². The Labute approximate surface area is 174 Å². The molecule has 0 N–H and O–H groups in total. The first kappa shape index (κ1) is 18.4. The van der Waals surface area contributed by atoms with Gasteiger partial charge in [0.25, 0.3) is 5.91 Å². The smallest absolute Gasteiger partial charge is 0.295 e. The fourth-order valence-corrected chi connectivity index (χ4v) is 4.15. The van der Waals surface area contributed by atoms with E-state index in [0.29, 0.717) is 22.5 Å². The Morgan fingerprint density at radius 1 is 0.833 bits per heavy atom. The zero-order valence-electron chi connectivity index (χ0n) is 16.8. The lowest BCUT2D eigenvalue weighted by Gasteiger charge is -2.25. The second-order valence-electron chi connectivity index (χ2n) is 7.90. The summed E-state index contributed by atoms with van der Waals surface area (Å²) in [6.07, 6.45) is 0. The van der Waals surface area contributed by atoms with Crippen molar-refractivity contribution in [1.82, 2.24) is 0 Å². The lowest BCUT2D eigenvalue weighted by Crippen LogP contribution is -2.29. The van der Waals surface area contributed by atoms with Crippen molar-refractivity contribution in [3.8, 4) is 0 Å². The summed E-state index contributed by atoms with van der Waals surface area (Å²) in [7, 11) is 0. The number of nitrogens with zero attached hydrogens (tertiary/aromatic N) is 1. The fourth-order valence-electron chi connectivity index (χ4n) is 4.15. The summed E-state index contributed by atoms with van der Waals surface area (Å²) >= 11 is 0. The quantitative estimate of drug-likeness (QED) is 0.449. The molecule has 4 nitrogen and oxygen atoms in total. The van der Waals surface area contributed by atoms with Crippen LogP contribution in [0.15, 0.2) is 88.1 Å². The van der Waals surface area contributed by atoms with Crippen LogP contribution >= 0.6 is 0 Å². The van der Waals surface area contributed by atoms with Gasteiger partial charge >= 0.3 is 0 Å². The largest absolute Gasteiger partial charge is 0.450 e. The predicted octanol–water partition coefficient (Wildman–Crippen LogP) is 5.67. The van der Waals surface area contributed by atoms with Crippen LogP contribution in [0.4, 0.5) is 5.69 Å². The molecule has 30 heavy (non-hydrogen) atoms. The first-order chi connectivity index (χ1) is 14.6. The molecule has 1 unspecified atom stereocenters. The maximum atomic E-state index is 13.5. The Kier molecular flexibility index (Phi) is 4.28. The predicted molar refractivity (Wildman–Crippen MR) is 118 cm³/mol. The van der Waals surface area contributed by atoms with Gasteiger partial charge in [-0.2, -0.15) is 0 Å². The third kappa shape index (κ3) is 2.76. The molecule has 4 heteroatoms. The van der Waals surface area contributed by atoms with E-state index in [1.54, 1.807) is 23.1 Å². The zero-order valence-corrected chi connectivity index (χ0v) is 16.8. The van der Waals surface area contributed by atoms with E-state index in [9.17, 15) is 9.59 Å². The van der Waals surface area contributed by atoms with Gasteiger partial charge in [0.2, 0.25) is 5.76 Å². The molecule has 5 rings (SSSR count). The molecule has 0 saturated carbocycles. The second kappa shape index (κ2) is 6.99. The van der Waals surface area contributed by atoms with Crippen LogP contribution in [0, 0.1) is 0 Å². The van der Waals surface area contributed by atoms with Crippen molar-refractivity contribution in [1.29, 1.82) is 0 Å². The molecule has 0 spiro atoms. The van der Waals surface area contributed by atoms with E-state index in [4.69, 9.17) is 4.42 Å². The summed E-state index contributed by atoms with van der Waals surface area (Å²) in [5.74, 6) is 0.230. The van der Waals surface area contributed by atoms with Crippen molar-refractivity contribution in [2.24, 2.45) is 0 Å². The summed E-state index contributed by atoms with van der Waals surface area (Å²) in [6, 6.07) is 24.1. The molecule has 0 fully saturated rings. The van der Waals surface area contributed by atoms with E-state index >= 15 is 0 Å². The van der Waals surface area contributed by atoms with Crippen LogP contribution in [-0.4, -0.2) is 5.91 Å². The van der Waals surface area contributed by atoms with Crippen molar-refractivity contribution in [3.63, 3.8) is 0 Å². The molecule has 148 valence electrons. The molecule has 1 amide bonds. The lowest BCUT2D eigenvalue weighted by atomic mass is 9.95. The monoisotopic (exact) mass is 395 g/mol. The Morgan fingerprint density at radius 2 is 1.50 bits per heavy atom. The Morgan fingerprint density at radius 3 is 2.20 bits per heavy atom. The number of benzene rings is 3. The second-order valence-corrected chi connectivity index (χ2v) is 7.90. The standard InChI is InChI=1S/C26H21NO3/c1-16(2)17-12-14-18(15-13-17)23-22-24(28)20-10-6-7-11-21(20)30-25(22)26(29)27(23)19-8-4-3-5-9-19/h3-16,23H,1-2H3. The van der Waals surface area contributed by atoms with E-state index in [0.717, 1.165) is 11.3 Å². The van der Waals surface area contributed by atoms with Gasteiger partial charge in [-0.1, -0.05) is 68.4 Å². The molecule has 3 aromatic carbocycles. The van der Waals surface area contributed by atoms with Gasteiger partial charge in [0.1, 0.15) is 5.58 Å². The maximum absolute atomic E-state index is 13.5. The summed E-state index contributed by atoms with van der Waals surface area (Å²) in [5.41, 5.74) is 3.50. The van der Waals surface area contributed by atoms with Gasteiger partial charge in [-0.15, -0.1) is 0 Å². The van der Waals surface area contributed by atoms with Gasteiger partial charge < -0.3 is 4.42 Å². The first-order valence-corrected chi connectivity index (χ1v) is 10.1. The van der Waals surface area contributed by atoms with Gasteiger partial charge in [0.15, 0.2) is 5.43 Å². The Balaban J connectivity index is 1.78. The van der Waals surface area contributed by atoms with E-state index in [1.165, 1.54) is 5.56 Å². The zero-order chi connectivity index (χ0) is 20.8. The number of carbonyl (C=O) groups is 1. The molecule has 0 bridgehead atoms. The minimum absolute atomic E-state index is 0.125. The van der Waals surface area contributed by atoms with Crippen LogP contribution in [0.3, 0.4) is 0 Å². The average Bonchev–Trinajstić information content (AvgIpc) is 3.07. The highest BCUT2D eigenvalue weighted by Crippen LogP contribution is 2.41. The SMILES string of the molecule is CC(C)c1ccc(C2c3c(oc4ccccc4c3=O)C(=O)N2c2ccccc2)cc1. The summed E-state index contributed by atoms with van der Waals surface area (Å²) < 4.78 is 5.97. The van der Waals surface area contributed by atoms with Gasteiger partial charge in [-0.05, 0) is 41.3 Å². The number of carbonyl (C=O) groups excluding carboxylic acids is 1. The van der Waals surface area contributed by atoms with Gasteiger partial charge in [0, 0.05) is 5.69 Å². The minimum atomic E-state index is -0.531. The van der Waals surface area contributed by atoms with Gasteiger partial charge in [0.05, 0.1) is 17.0 Å². The molecular formula is C26H21NO3. The highest BCUT2D eigenvalue weighted by atomic mass is 16.3. The number of amides is 1. The van der Waals surface area contributed by atoms with Crippen molar-refractivity contribution >= 4 is 22.6 Å². The molecule has 4 aromatic rings. The molecule has 0 saturated heterocycles. The van der Waals surface area contributed by atoms with Crippen LogP contribution < -0.4 is 10.3 Å². The third-order valence-corrected chi connectivity index (χ3v) is 5.73. The van der Waals surface area contributed by atoms with Crippen LogP contribution in [0.5, 0.6) is 0 Å². The van der Waals surface area contributed by atoms with Crippen molar-refractivity contribution < 1.29 is 9.21 Å². The molecule has 1 aliphatic heterocycles. The lowest BCUT2D eigenvalue weighted by molar-refractivity contribution is 0.0971. The Hall–Kier alpha value is -3.66. The normalized spacial score (nSPS) is 15.8. The summed E-state index contributed by atoms with van der Waals surface area (Å²) in [5, 5.41) is 0.489. The average molecular weight is 395 g/mol. The minimum Gasteiger partial charge on any atom is -0.450 e. The molecular weight excluding hydrogens is 374 g/mol. The van der Waals surface area contributed by atoms with Crippen molar-refractivity contribution in [2.45, 2.75) is 25.8 Å². The van der Waals surface area contributed by atoms with E-state index < -0.39 is 6.04 Å². The number of rotatable bonds is 3. The third-order valence-electron chi connectivity index (χ3n) is 5.73. The molecule has 0 radical (unpaired) electrons. The van der Waals surface area contributed by atoms with Crippen LogP contribution in [-0.2, 0) is 0 Å². The Bertz CT molecular complexity index is 1300. The maximum Gasteiger partial charge on any atom is 0.295 e. The number of anilines is 1. The van der Waals surface area contributed by atoms with Crippen LogP contribution in [0.1, 0.15) is 53.1 Å². The number of hydrogen-bond acceptors (Lipinski definition) is 3. The molecule has 0 aliphatic carbocycles. The highest BCUT2D eigenvalue weighted by molar-refractivity contribution is 6.10. The van der Waals surface area contributed by atoms with Crippen molar-refractivity contribution in [2.75, 3.05) is 4.90 Å². The van der Waals surface area contributed by atoms with Gasteiger partial charge in [-0.3, -0.25) is 14.5 Å².